The second-order valence-electron chi connectivity index (χ2n) is 3.08. The average Bonchev–Trinajstić information content (AvgIpc) is 2.30. The van der Waals surface area contributed by atoms with Crippen LogP contribution in [-0.2, 0) is 0 Å². The summed E-state index contributed by atoms with van der Waals surface area (Å²) in [6.07, 6.45) is 4.00. The van der Waals surface area contributed by atoms with Gasteiger partial charge in [0.05, 0.1) is 26.1 Å². The Morgan fingerprint density at radius 3 is 3.06 bits per heavy atom. The lowest BCUT2D eigenvalue weighted by Crippen LogP contribution is -1.98. The normalized spacial score (nSPS) is 9.38. The van der Waals surface area contributed by atoms with Crippen LogP contribution in [0.5, 0.6) is 5.75 Å². The Bertz CT molecular complexity index is 371. The summed E-state index contributed by atoms with van der Waals surface area (Å²) in [7, 11) is 0. The maximum Gasteiger partial charge on any atom is 0.138 e. The molecule has 0 saturated carbocycles. The number of aliphatic hydroxyl groups excluding tert-OH is 1. The molecular formula is C12H14FNO2. The Balaban J connectivity index is 2.54. The largest absolute Gasteiger partial charge is 0.492 e. The van der Waals surface area contributed by atoms with Gasteiger partial charge in [-0.25, -0.2) is 0 Å². The first-order valence-electron chi connectivity index (χ1n) is 5.10. The maximum atomic E-state index is 11.8. The van der Waals surface area contributed by atoms with E-state index in [9.17, 15) is 4.39 Å². The highest BCUT2D eigenvalue weighted by molar-refractivity contribution is 5.36. The summed E-state index contributed by atoms with van der Waals surface area (Å²) >= 11 is 0. The lowest BCUT2D eigenvalue weighted by Gasteiger charge is -2.03. The molecule has 0 unspecified atom stereocenters. The van der Waals surface area contributed by atoms with Crippen molar-refractivity contribution in [3.05, 3.63) is 24.0 Å². The van der Waals surface area contributed by atoms with Crippen LogP contribution < -0.4 is 4.74 Å². The zero-order valence-corrected chi connectivity index (χ0v) is 8.95. The van der Waals surface area contributed by atoms with Crippen molar-refractivity contribution in [3.8, 4) is 17.6 Å². The van der Waals surface area contributed by atoms with Gasteiger partial charge in [0.25, 0.3) is 0 Å². The van der Waals surface area contributed by atoms with Crippen LogP contribution in [0.25, 0.3) is 0 Å². The van der Waals surface area contributed by atoms with Gasteiger partial charge in [-0.1, -0.05) is 11.8 Å². The molecule has 0 aliphatic heterocycles. The number of ether oxygens (including phenoxy) is 1. The van der Waals surface area contributed by atoms with Crippen LogP contribution in [0.15, 0.2) is 18.5 Å². The van der Waals surface area contributed by atoms with Crippen molar-refractivity contribution in [2.75, 3.05) is 19.9 Å². The molecule has 0 bridgehead atoms. The molecule has 0 radical (unpaired) electrons. The summed E-state index contributed by atoms with van der Waals surface area (Å²) in [6.45, 7) is 0.00223. The van der Waals surface area contributed by atoms with E-state index < -0.39 is 0 Å². The van der Waals surface area contributed by atoms with Gasteiger partial charge >= 0.3 is 0 Å². The van der Waals surface area contributed by atoms with Crippen LogP contribution in [0.3, 0.4) is 0 Å². The van der Waals surface area contributed by atoms with Crippen molar-refractivity contribution >= 4 is 0 Å². The predicted molar refractivity (Wildman–Crippen MR) is 58.9 cm³/mol. The minimum atomic E-state index is -0.385. The highest BCUT2D eigenvalue weighted by atomic mass is 19.1. The summed E-state index contributed by atoms with van der Waals surface area (Å²) in [5, 5.41) is 8.56. The van der Waals surface area contributed by atoms with Crippen molar-refractivity contribution in [1.82, 2.24) is 4.98 Å². The Morgan fingerprint density at radius 1 is 1.44 bits per heavy atom. The second-order valence-corrected chi connectivity index (χ2v) is 3.08. The van der Waals surface area contributed by atoms with Gasteiger partial charge in [-0.2, -0.15) is 0 Å². The topological polar surface area (TPSA) is 42.4 Å². The Morgan fingerprint density at radius 2 is 2.31 bits per heavy atom. The Kier molecular flexibility index (Phi) is 5.97. The van der Waals surface area contributed by atoms with E-state index in [0.29, 0.717) is 25.2 Å². The van der Waals surface area contributed by atoms with E-state index in [-0.39, 0.29) is 13.3 Å². The molecule has 0 aliphatic rings. The van der Waals surface area contributed by atoms with Gasteiger partial charge < -0.3 is 9.84 Å². The smallest absolute Gasteiger partial charge is 0.138 e. The van der Waals surface area contributed by atoms with E-state index in [4.69, 9.17) is 9.84 Å². The van der Waals surface area contributed by atoms with Crippen molar-refractivity contribution < 1.29 is 14.2 Å². The van der Waals surface area contributed by atoms with E-state index >= 15 is 0 Å². The number of pyridine rings is 1. The van der Waals surface area contributed by atoms with Crippen molar-refractivity contribution in [3.63, 3.8) is 0 Å². The molecule has 1 heterocycles. The van der Waals surface area contributed by atoms with Gasteiger partial charge in [0.15, 0.2) is 0 Å². The summed E-state index contributed by atoms with van der Waals surface area (Å²) in [5.41, 5.74) is 0.728. The molecule has 0 aliphatic carbocycles. The fourth-order valence-corrected chi connectivity index (χ4v) is 1.03. The van der Waals surface area contributed by atoms with Crippen molar-refractivity contribution in [2.24, 2.45) is 0 Å². The minimum Gasteiger partial charge on any atom is -0.492 e. The fourth-order valence-electron chi connectivity index (χ4n) is 1.03. The van der Waals surface area contributed by atoms with Gasteiger partial charge in [0.1, 0.15) is 5.75 Å². The van der Waals surface area contributed by atoms with E-state index in [1.54, 1.807) is 18.5 Å². The summed E-state index contributed by atoms with van der Waals surface area (Å²) in [4.78, 5) is 3.96. The molecular weight excluding hydrogens is 209 g/mol. The van der Waals surface area contributed by atoms with Crippen molar-refractivity contribution in [2.45, 2.75) is 12.8 Å². The van der Waals surface area contributed by atoms with Crippen LogP contribution in [0.1, 0.15) is 18.4 Å². The molecule has 86 valence electrons. The molecule has 1 aromatic heterocycles. The maximum absolute atomic E-state index is 11.8. The molecule has 1 aromatic rings. The molecule has 4 heteroatoms. The van der Waals surface area contributed by atoms with Crippen LogP contribution in [-0.4, -0.2) is 30.0 Å². The number of hydrogen-bond donors (Lipinski definition) is 1. The third-order valence-electron chi connectivity index (χ3n) is 1.73. The van der Waals surface area contributed by atoms with Gasteiger partial charge in [-0.05, 0) is 6.07 Å². The third kappa shape index (κ3) is 4.76. The summed E-state index contributed by atoms with van der Waals surface area (Å²) < 4.78 is 17.1. The van der Waals surface area contributed by atoms with E-state index in [1.807, 2.05) is 0 Å². The standard InChI is InChI=1S/C12H14FNO2/c13-5-3-7-16-12-8-11(9-14-10-12)4-1-2-6-15/h8-10,15H,2-3,5-7H2. The van der Waals surface area contributed by atoms with E-state index in [0.717, 1.165) is 5.56 Å². The number of nitrogens with zero attached hydrogens (tertiary/aromatic N) is 1. The zero-order valence-electron chi connectivity index (χ0n) is 8.95. The number of alkyl halides is 1. The average molecular weight is 223 g/mol. The first-order chi connectivity index (χ1) is 7.86. The lowest BCUT2D eigenvalue weighted by molar-refractivity contribution is 0.288. The number of aromatic nitrogens is 1. The second kappa shape index (κ2) is 7.66. The molecule has 0 fully saturated rings. The number of halogens is 1. The minimum absolute atomic E-state index is 0.0487. The molecule has 0 amide bonds. The van der Waals surface area contributed by atoms with E-state index in [1.165, 1.54) is 0 Å². The van der Waals surface area contributed by atoms with Crippen LogP contribution in [0.2, 0.25) is 0 Å². The number of hydrogen-bond acceptors (Lipinski definition) is 3. The van der Waals surface area contributed by atoms with Crippen LogP contribution >= 0.6 is 0 Å². The fraction of sp³-hybridized carbons (Fsp3) is 0.417. The quantitative estimate of drug-likeness (QED) is 0.608. The highest BCUT2D eigenvalue weighted by Gasteiger charge is 1.95. The molecule has 16 heavy (non-hydrogen) atoms. The third-order valence-corrected chi connectivity index (χ3v) is 1.73. The van der Waals surface area contributed by atoms with Crippen molar-refractivity contribution in [1.29, 1.82) is 0 Å². The molecule has 3 nitrogen and oxygen atoms in total. The Hall–Kier alpha value is -1.60. The van der Waals surface area contributed by atoms with Gasteiger partial charge in [0.2, 0.25) is 0 Å². The Labute approximate surface area is 94.3 Å². The predicted octanol–water partition coefficient (Wildman–Crippen LogP) is 1.55. The first kappa shape index (κ1) is 12.5. The SMILES string of the molecule is OCCC#Cc1cncc(OCCCF)c1. The summed E-state index contributed by atoms with van der Waals surface area (Å²) in [5.74, 6) is 6.23. The molecule has 0 saturated heterocycles. The molecule has 0 spiro atoms. The zero-order chi connectivity index (χ0) is 11.6. The first-order valence-corrected chi connectivity index (χ1v) is 5.10. The number of aliphatic hydroxyl groups is 1. The van der Waals surface area contributed by atoms with Crippen LogP contribution in [0.4, 0.5) is 4.39 Å². The monoisotopic (exact) mass is 223 g/mol. The van der Waals surface area contributed by atoms with Gasteiger partial charge in [-0.15, -0.1) is 0 Å². The highest BCUT2D eigenvalue weighted by Crippen LogP contribution is 2.10. The van der Waals surface area contributed by atoms with Gasteiger partial charge in [-0.3, -0.25) is 9.37 Å². The molecule has 0 aromatic carbocycles. The summed E-state index contributed by atoms with van der Waals surface area (Å²) in [6, 6.07) is 1.75. The molecule has 1 rings (SSSR count). The lowest BCUT2D eigenvalue weighted by atomic mass is 10.2. The number of rotatable bonds is 5. The van der Waals surface area contributed by atoms with Crippen LogP contribution in [0, 0.1) is 11.8 Å². The van der Waals surface area contributed by atoms with Gasteiger partial charge in [0, 0.05) is 24.6 Å². The van der Waals surface area contributed by atoms with E-state index in [2.05, 4.69) is 16.8 Å². The molecule has 1 N–H and O–H groups in total. The molecule has 0 atom stereocenters.